The van der Waals surface area contributed by atoms with Crippen LogP contribution in [0.2, 0.25) is 0 Å². The molecule has 1 aliphatic rings. The van der Waals surface area contributed by atoms with Crippen LogP contribution >= 0.6 is 0 Å². The van der Waals surface area contributed by atoms with Crippen molar-refractivity contribution in [3.8, 4) is 0 Å². The number of hydrogen-bond acceptors (Lipinski definition) is 4. The Bertz CT molecular complexity index is 438. The lowest BCUT2D eigenvalue weighted by Gasteiger charge is -2.25. The van der Waals surface area contributed by atoms with E-state index in [1.807, 2.05) is 0 Å². The zero-order valence-corrected chi connectivity index (χ0v) is 8.86. The molecule has 0 saturated carbocycles. The summed E-state index contributed by atoms with van der Waals surface area (Å²) in [5.41, 5.74) is -0.214. The minimum Gasteiger partial charge on any atom is -0.390 e. The number of aliphatic hydroxyl groups is 1. The maximum absolute atomic E-state index is 11.9. The Kier molecular flexibility index (Phi) is 2.80. The Morgan fingerprint density at radius 3 is 2.81 bits per heavy atom. The van der Waals surface area contributed by atoms with Gasteiger partial charge in [0.15, 0.2) is 0 Å². The van der Waals surface area contributed by atoms with E-state index in [9.17, 15) is 14.7 Å². The fourth-order valence-corrected chi connectivity index (χ4v) is 1.83. The Hall–Kier alpha value is -1.60. The molecule has 88 valence electrons. The van der Waals surface area contributed by atoms with E-state index in [1.165, 1.54) is 11.1 Å². The number of carbonyl (C=O) groups excluding carboxylic acids is 1. The number of aliphatic hydroxyl groups excluding tert-OH is 1. The summed E-state index contributed by atoms with van der Waals surface area (Å²) in [6.45, 7) is 1.03. The summed E-state index contributed by atoms with van der Waals surface area (Å²) in [7, 11) is 1.61. The first-order chi connectivity index (χ1) is 7.59. The highest BCUT2D eigenvalue weighted by atomic mass is 16.3. The van der Waals surface area contributed by atoms with Crippen molar-refractivity contribution in [2.24, 2.45) is 0 Å². The molecule has 0 spiro atoms. The van der Waals surface area contributed by atoms with Crippen LogP contribution in [0.3, 0.4) is 0 Å². The highest BCUT2D eigenvalue weighted by molar-refractivity contribution is 5.92. The van der Waals surface area contributed by atoms with Gasteiger partial charge in [0.05, 0.1) is 12.1 Å². The predicted molar refractivity (Wildman–Crippen MR) is 56.2 cm³/mol. The molecule has 0 aromatic carbocycles. The average Bonchev–Trinajstić information content (AvgIpc) is 2.85. The van der Waals surface area contributed by atoms with Gasteiger partial charge in [-0.25, -0.2) is 4.79 Å². The van der Waals surface area contributed by atoms with Crippen molar-refractivity contribution in [1.29, 1.82) is 0 Å². The molecule has 0 unspecified atom stereocenters. The number of aromatic nitrogens is 2. The van der Waals surface area contributed by atoms with Crippen molar-refractivity contribution in [1.82, 2.24) is 20.2 Å². The minimum atomic E-state index is -0.570. The van der Waals surface area contributed by atoms with E-state index in [-0.39, 0.29) is 17.6 Å². The van der Waals surface area contributed by atoms with Gasteiger partial charge in [-0.05, 0) is 0 Å². The topological polar surface area (TPSA) is 101 Å². The van der Waals surface area contributed by atoms with Crippen molar-refractivity contribution >= 4 is 5.91 Å². The van der Waals surface area contributed by atoms with Crippen molar-refractivity contribution in [2.75, 3.05) is 20.1 Å². The summed E-state index contributed by atoms with van der Waals surface area (Å²) in [5, 5.41) is 12.6. The van der Waals surface area contributed by atoms with Gasteiger partial charge in [-0.1, -0.05) is 0 Å². The summed E-state index contributed by atoms with van der Waals surface area (Å²) in [6.07, 6.45) is 0.759. The lowest BCUT2D eigenvalue weighted by atomic mass is 10.2. The van der Waals surface area contributed by atoms with Crippen LogP contribution in [0.15, 0.2) is 11.0 Å². The van der Waals surface area contributed by atoms with Crippen molar-refractivity contribution < 1.29 is 9.90 Å². The zero-order chi connectivity index (χ0) is 11.7. The van der Waals surface area contributed by atoms with E-state index in [0.717, 1.165) is 0 Å². The average molecular weight is 226 g/mol. The summed E-state index contributed by atoms with van der Waals surface area (Å²) >= 11 is 0. The molecule has 7 nitrogen and oxygen atoms in total. The van der Waals surface area contributed by atoms with Gasteiger partial charge >= 0.3 is 5.69 Å². The molecule has 0 radical (unpaired) electrons. The molecule has 2 atom stereocenters. The number of nitrogens with zero attached hydrogens (tertiary/aromatic N) is 1. The first-order valence-corrected chi connectivity index (χ1v) is 5.03. The third-order valence-electron chi connectivity index (χ3n) is 2.80. The van der Waals surface area contributed by atoms with E-state index in [4.69, 9.17) is 0 Å². The third-order valence-corrected chi connectivity index (χ3v) is 2.80. The molecular formula is C9H14N4O3. The molecule has 7 heteroatoms. The van der Waals surface area contributed by atoms with Gasteiger partial charge in [-0.3, -0.25) is 4.79 Å². The number of imidazole rings is 1. The van der Waals surface area contributed by atoms with Crippen LogP contribution in [0.5, 0.6) is 0 Å². The summed E-state index contributed by atoms with van der Waals surface area (Å²) < 4.78 is 0. The van der Waals surface area contributed by atoms with Crippen LogP contribution in [0.25, 0.3) is 0 Å². The van der Waals surface area contributed by atoms with Gasteiger partial charge in [0.25, 0.3) is 5.91 Å². The molecule has 4 N–H and O–H groups in total. The molecule has 1 amide bonds. The number of H-pyrrole nitrogens is 2. The van der Waals surface area contributed by atoms with E-state index >= 15 is 0 Å². The van der Waals surface area contributed by atoms with Gasteiger partial charge < -0.3 is 25.3 Å². The molecule has 16 heavy (non-hydrogen) atoms. The van der Waals surface area contributed by atoms with Crippen molar-refractivity contribution in [3.63, 3.8) is 0 Å². The molecule has 1 aromatic rings. The summed E-state index contributed by atoms with van der Waals surface area (Å²) in [6, 6.07) is -0.258. The number of rotatable bonds is 2. The molecule has 1 fully saturated rings. The Labute approximate surface area is 91.5 Å². The maximum atomic E-state index is 11.9. The quantitative estimate of drug-likeness (QED) is 0.473. The van der Waals surface area contributed by atoms with E-state index in [1.54, 1.807) is 7.05 Å². The van der Waals surface area contributed by atoms with Crippen LogP contribution in [-0.2, 0) is 0 Å². The number of likely N-dealkylation sites (N-methyl/N-ethyl adjacent to an activating group) is 1. The fraction of sp³-hybridized carbons (Fsp3) is 0.556. The number of carbonyl (C=O) groups is 1. The first-order valence-electron chi connectivity index (χ1n) is 5.03. The summed E-state index contributed by atoms with van der Waals surface area (Å²) in [5.74, 6) is -0.314. The molecule has 1 aliphatic heterocycles. The second kappa shape index (κ2) is 4.11. The van der Waals surface area contributed by atoms with Gasteiger partial charge in [-0.2, -0.15) is 0 Å². The van der Waals surface area contributed by atoms with E-state index in [0.29, 0.717) is 13.1 Å². The Morgan fingerprint density at radius 2 is 2.31 bits per heavy atom. The van der Waals surface area contributed by atoms with Gasteiger partial charge in [0.1, 0.15) is 5.69 Å². The fourth-order valence-electron chi connectivity index (χ4n) is 1.83. The van der Waals surface area contributed by atoms with Crippen LogP contribution in [0.1, 0.15) is 10.5 Å². The number of amides is 1. The van der Waals surface area contributed by atoms with Crippen LogP contribution < -0.4 is 11.0 Å². The molecule has 0 aliphatic carbocycles. The Morgan fingerprint density at radius 1 is 1.56 bits per heavy atom. The molecular weight excluding hydrogens is 212 g/mol. The number of aromatic amines is 2. The lowest BCUT2D eigenvalue weighted by molar-refractivity contribution is 0.0576. The number of β-amino-alcohol motifs (C(OH)–C–C–N with tert-alkyl or cyclic N) is 1. The second-order valence-electron chi connectivity index (χ2n) is 3.87. The predicted octanol–water partition coefficient (Wildman–Crippen LogP) is -1.89. The van der Waals surface area contributed by atoms with Crippen molar-refractivity contribution in [3.05, 3.63) is 22.4 Å². The molecule has 2 rings (SSSR count). The minimum absolute atomic E-state index is 0.201. The largest absolute Gasteiger partial charge is 0.390 e. The Balaban J connectivity index is 2.12. The normalized spacial score (nSPS) is 24.6. The SMILES string of the molecule is CN(C(=O)c1c[nH]c(=O)[nH]1)[C@H]1CNC[C@@H]1O. The lowest BCUT2D eigenvalue weighted by Crippen LogP contribution is -2.44. The number of nitrogens with one attached hydrogen (secondary N) is 3. The first kappa shape index (κ1) is 10.9. The molecule has 1 saturated heterocycles. The van der Waals surface area contributed by atoms with Gasteiger partial charge in [-0.15, -0.1) is 0 Å². The van der Waals surface area contributed by atoms with Crippen LogP contribution in [0.4, 0.5) is 0 Å². The van der Waals surface area contributed by atoms with Gasteiger partial charge in [0.2, 0.25) is 0 Å². The molecule has 0 bridgehead atoms. The highest BCUT2D eigenvalue weighted by Gasteiger charge is 2.31. The molecule has 1 aromatic heterocycles. The number of hydrogen-bond donors (Lipinski definition) is 4. The van der Waals surface area contributed by atoms with E-state index < -0.39 is 11.8 Å². The zero-order valence-electron chi connectivity index (χ0n) is 8.86. The smallest absolute Gasteiger partial charge is 0.323 e. The second-order valence-corrected chi connectivity index (χ2v) is 3.87. The summed E-state index contributed by atoms with van der Waals surface area (Å²) in [4.78, 5) is 28.9. The van der Waals surface area contributed by atoms with Crippen LogP contribution in [-0.4, -0.2) is 58.2 Å². The maximum Gasteiger partial charge on any atom is 0.323 e. The standard InChI is InChI=1S/C9H14N4O3/c1-13(6-3-10-4-7(6)14)8(15)5-2-11-9(16)12-5/h2,6-7,10,14H,3-4H2,1H3,(H2,11,12,16)/t6-,7-/m0/s1. The van der Waals surface area contributed by atoms with Gasteiger partial charge in [0, 0.05) is 26.3 Å². The van der Waals surface area contributed by atoms with Crippen molar-refractivity contribution in [2.45, 2.75) is 12.1 Å². The highest BCUT2D eigenvalue weighted by Crippen LogP contribution is 2.09. The monoisotopic (exact) mass is 226 g/mol. The van der Waals surface area contributed by atoms with E-state index in [2.05, 4.69) is 15.3 Å². The molecule has 2 heterocycles. The van der Waals surface area contributed by atoms with Crippen LogP contribution in [0, 0.1) is 0 Å². The third kappa shape index (κ3) is 1.86.